The Morgan fingerprint density at radius 3 is 2.71 bits per heavy atom. The third-order valence-corrected chi connectivity index (χ3v) is 4.38. The van der Waals surface area contributed by atoms with Crippen molar-refractivity contribution in [2.24, 2.45) is 0 Å². The van der Waals surface area contributed by atoms with Gasteiger partial charge in [0.15, 0.2) is 9.84 Å². The fraction of sp³-hybridized carbons (Fsp3) is 0.444. The highest BCUT2D eigenvalue weighted by Gasteiger charge is 2.29. The summed E-state index contributed by atoms with van der Waals surface area (Å²) < 4.78 is 22.4. The lowest BCUT2D eigenvalue weighted by Crippen LogP contribution is -2.36. The maximum Gasteiger partial charge on any atom is 0.271 e. The van der Waals surface area contributed by atoms with Gasteiger partial charge in [0.2, 0.25) is 0 Å². The van der Waals surface area contributed by atoms with E-state index in [2.05, 4.69) is 15.3 Å². The van der Waals surface area contributed by atoms with E-state index in [1.165, 1.54) is 12.4 Å². The van der Waals surface area contributed by atoms with Crippen molar-refractivity contribution in [3.8, 4) is 0 Å². The van der Waals surface area contributed by atoms with E-state index in [-0.39, 0.29) is 28.4 Å². The second-order valence-corrected chi connectivity index (χ2v) is 6.41. The second-order valence-electron chi connectivity index (χ2n) is 3.80. The number of sulfone groups is 1. The molecule has 8 heteroatoms. The van der Waals surface area contributed by atoms with Crippen molar-refractivity contribution in [3.05, 3.63) is 23.2 Å². The summed E-state index contributed by atoms with van der Waals surface area (Å²) in [5, 5.41) is 2.81. The molecule has 1 fully saturated rings. The van der Waals surface area contributed by atoms with Gasteiger partial charge in [0.1, 0.15) is 10.8 Å². The van der Waals surface area contributed by atoms with E-state index in [4.69, 9.17) is 11.6 Å². The molecule has 92 valence electrons. The van der Waals surface area contributed by atoms with Gasteiger partial charge in [0.25, 0.3) is 5.91 Å². The van der Waals surface area contributed by atoms with Gasteiger partial charge in [0.05, 0.1) is 23.9 Å². The average Bonchev–Trinajstić information content (AvgIpc) is 2.59. The van der Waals surface area contributed by atoms with Gasteiger partial charge < -0.3 is 5.32 Å². The van der Waals surface area contributed by atoms with Crippen LogP contribution >= 0.6 is 11.6 Å². The molecular formula is C9H10ClN3O3S. The van der Waals surface area contributed by atoms with Crippen molar-refractivity contribution in [1.29, 1.82) is 0 Å². The molecule has 2 heterocycles. The van der Waals surface area contributed by atoms with Crippen molar-refractivity contribution in [2.75, 3.05) is 11.5 Å². The minimum atomic E-state index is -3.00. The third kappa shape index (κ3) is 3.13. The predicted molar refractivity (Wildman–Crippen MR) is 61.6 cm³/mol. The van der Waals surface area contributed by atoms with E-state index >= 15 is 0 Å². The topological polar surface area (TPSA) is 89.0 Å². The van der Waals surface area contributed by atoms with Gasteiger partial charge in [-0.1, -0.05) is 11.6 Å². The molecule has 0 spiro atoms. The number of rotatable bonds is 2. The number of carbonyl (C=O) groups excluding carboxylic acids is 1. The van der Waals surface area contributed by atoms with E-state index in [0.717, 1.165) is 0 Å². The van der Waals surface area contributed by atoms with Crippen molar-refractivity contribution in [1.82, 2.24) is 15.3 Å². The Morgan fingerprint density at radius 1 is 1.41 bits per heavy atom. The summed E-state index contributed by atoms with van der Waals surface area (Å²) in [5.74, 6) is -0.333. The standard InChI is InChI=1S/C9H10ClN3O3S/c10-8-4-11-7(3-12-8)9(14)13-6-1-2-17(15,16)5-6/h3-4,6H,1-2,5H2,(H,13,14). The Morgan fingerprint density at radius 2 is 2.18 bits per heavy atom. The highest BCUT2D eigenvalue weighted by Crippen LogP contribution is 2.11. The monoisotopic (exact) mass is 275 g/mol. The molecule has 6 nitrogen and oxygen atoms in total. The van der Waals surface area contributed by atoms with Crippen LogP contribution in [-0.4, -0.2) is 41.8 Å². The lowest BCUT2D eigenvalue weighted by Gasteiger charge is -2.09. The lowest BCUT2D eigenvalue weighted by molar-refractivity contribution is 0.0935. The zero-order valence-electron chi connectivity index (χ0n) is 8.76. The number of amides is 1. The van der Waals surface area contributed by atoms with E-state index < -0.39 is 15.7 Å². The summed E-state index contributed by atoms with van der Waals surface area (Å²) in [6.45, 7) is 0. The molecule has 1 N–H and O–H groups in total. The Hall–Kier alpha value is -1.21. The molecule has 2 rings (SSSR count). The Labute approximate surface area is 103 Å². The third-order valence-electron chi connectivity index (χ3n) is 2.42. The first kappa shape index (κ1) is 12.3. The van der Waals surface area contributed by atoms with Crippen LogP contribution in [0.25, 0.3) is 0 Å². The van der Waals surface area contributed by atoms with Crippen LogP contribution in [0.3, 0.4) is 0 Å². The molecule has 1 aliphatic heterocycles. The number of aromatic nitrogens is 2. The molecular weight excluding hydrogens is 266 g/mol. The van der Waals surface area contributed by atoms with Gasteiger partial charge in [-0.3, -0.25) is 4.79 Å². The molecule has 0 bridgehead atoms. The quantitative estimate of drug-likeness (QED) is 0.824. The molecule has 0 saturated carbocycles. The lowest BCUT2D eigenvalue weighted by atomic mass is 10.2. The van der Waals surface area contributed by atoms with Crippen molar-refractivity contribution in [2.45, 2.75) is 12.5 Å². The fourth-order valence-electron chi connectivity index (χ4n) is 1.60. The van der Waals surface area contributed by atoms with Crippen LogP contribution in [0.4, 0.5) is 0 Å². The van der Waals surface area contributed by atoms with Crippen molar-refractivity contribution >= 4 is 27.3 Å². The summed E-state index contributed by atoms with van der Waals surface area (Å²) in [5.41, 5.74) is 0.124. The Balaban J connectivity index is 2.01. The molecule has 0 aliphatic carbocycles. The van der Waals surface area contributed by atoms with Crippen LogP contribution in [0.15, 0.2) is 12.4 Å². The average molecular weight is 276 g/mol. The highest BCUT2D eigenvalue weighted by atomic mass is 35.5. The molecule has 0 aromatic carbocycles. The van der Waals surface area contributed by atoms with Gasteiger partial charge in [-0.25, -0.2) is 18.4 Å². The molecule has 1 amide bonds. The first-order valence-electron chi connectivity index (χ1n) is 4.95. The molecule has 1 atom stereocenters. The maximum atomic E-state index is 11.7. The molecule has 1 aromatic heterocycles. The molecule has 0 radical (unpaired) electrons. The summed E-state index contributed by atoms with van der Waals surface area (Å²) in [6, 6.07) is -0.343. The van der Waals surface area contributed by atoms with E-state index in [0.29, 0.717) is 6.42 Å². The number of carbonyl (C=O) groups is 1. The Bertz CT molecular complexity index is 529. The largest absolute Gasteiger partial charge is 0.347 e. The number of nitrogens with zero attached hydrogens (tertiary/aromatic N) is 2. The van der Waals surface area contributed by atoms with Crippen molar-refractivity contribution in [3.63, 3.8) is 0 Å². The first-order valence-corrected chi connectivity index (χ1v) is 7.15. The minimum absolute atomic E-state index is 0.0141. The smallest absolute Gasteiger partial charge is 0.271 e. The van der Waals surface area contributed by atoms with Gasteiger partial charge in [0, 0.05) is 6.04 Å². The first-order chi connectivity index (χ1) is 7.96. The summed E-state index contributed by atoms with van der Waals surface area (Å²) >= 11 is 5.54. The number of halogens is 1. The Kier molecular flexibility index (Phi) is 3.30. The fourth-order valence-corrected chi connectivity index (χ4v) is 3.37. The molecule has 17 heavy (non-hydrogen) atoms. The highest BCUT2D eigenvalue weighted by molar-refractivity contribution is 7.91. The predicted octanol–water partition coefficient (Wildman–Crippen LogP) is 0.0469. The zero-order valence-corrected chi connectivity index (χ0v) is 10.3. The molecule has 1 aromatic rings. The summed E-state index contributed by atoms with van der Waals surface area (Å²) in [4.78, 5) is 19.2. The van der Waals surface area contributed by atoms with Gasteiger partial charge >= 0.3 is 0 Å². The van der Waals surface area contributed by atoms with E-state index in [1.54, 1.807) is 0 Å². The van der Waals surface area contributed by atoms with Crippen LogP contribution in [0.1, 0.15) is 16.9 Å². The molecule has 1 saturated heterocycles. The number of hydrogen-bond acceptors (Lipinski definition) is 5. The van der Waals surface area contributed by atoms with Crippen LogP contribution in [0.5, 0.6) is 0 Å². The molecule has 1 aliphatic rings. The summed E-state index contributed by atoms with van der Waals surface area (Å²) in [7, 11) is -3.00. The van der Waals surface area contributed by atoms with Crippen LogP contribution in [-0.2, 0) is 9.84 Å². The minimum Gasteiger partial charge on any atom is -0.347 e. The SMILES string of the molecule is O=C(NC1CCS(=O)(=O)C1)c1cnc(Cl)cn1. The van der Waals surface area contributed by atoms with Crippen LogP contribution in [0, 0.1) is 0 Å². The van der Waals surface area contributed by atoms with Crippen molar-refractivity contribution < 1.29 is 13.2 Å². The summed E-state index contributed by atoms with van der Waals surface area (Å²) in [6.07, 6.45) is 2.96. The van der Waals surface area contributed by atoms with E-state index in [9.17, 15) is 13.2 Å². The van der Waals surface area contributed by atoms with Gasteiger partial charge in [-0.05, 0) is 6.42 Å². The van der Waals surface area contributed by atoms with E-state index in [1.807, 2.05) is 0 Å². The second kappa shape index (κ2) is 4.58. The van der Waals surface area contributed by atoms with Crippen LogP contribution in [0.2, 0.25) is 5.15 Å². The van der Waals surface area contributed by atoms with Gasteiger partial charge in [-0.15, -0.1) is 0 Å². The number of hydrogen-bond donors (Lipinski definition) is 1. The van der Waals surface area contributed by atoms with Crippen LogP contribution < -0.4 is 5.32 Å². The number of nitrogens with one attached hydrogen (secondary N) is 1. The normalized spacial score (nSPS) is 22.3. The van der Waals surface area contributed by atoms with Gasteiger partial charge in [-0.2, -0.15) is 0 Å². The maximum absolute atomic E-state index is 11.7. The molecule has 1 unspecified atom stereocenters. The zero-order chi connectivity index (χ0) is 12.5.